The maximum Gasteiger partial charge on any atom is 0.262 e. The third kappa shape index (κ3) is 3.61. The normalized spacial score (nSPS) is 13.1. The van der Waals surface area contributed by atoms with Crippen molar-refractivity contribution in [1.29, 1.82) is 5.26 Å². The smallest absolute Gasteiger partial charge is 0.262 e. The third-order valence-electron chi connectivity index (χ3n) is 5.74. The Bertz CT molecular complexity index is 1590. The predicted molar refractivity (Wildman–Crippen MR) is 128 cm³/mol. The Kier molecular flexibility index (Phi) is 4.95. The van der Waals surface area contributed by atoms with Crippen molar-refractivity contribution >= 4 is 34.4 Å². The Morgan fingerprint density at radius 2 is 1.74 bits per heavy atom. The lowest BCUT2D eigenvalue weighted by molar-refractivity contribution is 0.0507. The van der Waals surface area contributed by atoms with Gasteiger partial charge in [0.25, 0.3) is 17.7 Å². The summed E-state index contributed by atoms with van der Waals surface area (Å²) in [5, 5.41) is 17.5. The number of fused-ring (bicyclic) bond motifs is 2. The molecule has 1 N–H and O–H groups in total. The number of hydrogen-bond donors (Lipinski definition) is 1. The highest BCUT2D eigenvalue weighted by Gasteiger charge is 2.42. The Hall–Kier alpha value is -4.84. The maximum absolute atomic E-state index is 13.2. The summed E-state index contributed by atoms with van der Waals surface area (Å²) in [5.41, 5.74) is 0.786. The molecule has 3 heterocycles. The number of imide groups is 1. The van der Waals surface area contributed by atoms with E-state index in [1.807, 2.05) is 36.4 Å². The summed E-state index contributed by atoms with van der Waals surface area (Å²) in [6.07, 6.45) is 1.35. The van der Waals surface area contributed by atoms with Gasteiger partial charge in [-0.15, -0.1) is 0 Å². The molecule has 4 aromatic rings. The van der Waals surface area contributed by atoms with E-state index in [9.17, 15) is 19.6 Å². The van der Waals surface area contributed by atoms with Crippen LogP contribution < -0.4 is 5.32 Å². The number of pyridine rings is 1. The van der Waals surface area contributed by atoms with Crippen LogP contribution in [0.4, 0.5) is 5.82 Å². The minimum Gasteiger partial charge on any atom is -0.305 e. The van der Waals surface area contributed by atoms with Crippen LogP contribution in [0.15, 0.2) is 60.8 Å². The molecule has 2 aromatic heterocycles. The van der Waals surface area contributed by atoms with Crippen molar-refractivity contribution in [2.24, 2.45) is 0 Å². The largest absolute Gasteiger partial charge is 0.305 e. The van der Waals surface area contributed by atoms with Crippen LogP contribution in [0.1, 0.15) is 57.4 Å². The van der Waals surface area contributed by atoms with Crippen molar-refractivity contribution in [3.63, 3.8) is 0 Å². The summed E-state index contributed by atoms with van der Waals surface area (Å²) in [6, 6.07) is 17.6. The van der Waals surface area contributed by atoms with Crippen molar-refractivity contribution in [2.45, 2.75) is 26.3 Å². The van der Waals surface area contributed by atoms with Crippen LogP contribution in [-0.4, -0.2) is 42.9 Å². The van der Waals surface area contributed by atoms with E-state index in [0.717, 1.165) is 10.9 Å². The Labute approximate surface area is 200 Å². The monoisotopic (exact) mass is 464 g/mol. The van der Waals surface area contributed by atoms with Crippen LogP contribution >= 0.6 is 0 Å². The van der Waals surface area contributed by atoms with Gasteiger partial charge in [0.1, 0.15) is 11.6 Å². The highest BCUT2D eigenvalue weighted by atomic mass is 16.2. The van der Waals surface area contributed by atoms with Gasteiger partial charge >= 0.3 is 0 Å². The predicted octanol–water partition coefficient (Wildman–Crippen LogP) is 3.94. The van der Waals surface area contributed by atoms with E-state index in [-0.39, 0.29) is 28.1 Å². The minimum absolute atomic E-state index is 0.152. The second-order valence-electron chi connectivity index (χ2n) is 9.12. The van der Waals surface area contributed by atoms with Crippen molar-refractivity contribution in [2.75, 3.05) is 5.32 Å². The van der Waals surface area contributed by atoms with Crippen LogP contribution in [0, 0.1) is 11.3 Å². The zero-order valence-electron chi connectivity index (χ0n) is 19.2. The number of nitriles is 1. The number of hydrogen-bond acceptors (Lipinski definition) is 6. The fraction of sp³-hybridized carbons (Fsp3) is 0.154. The fourth-order valence-corrected chi connectivity index (χ4v) is 4.07. The molecule has 0 radical (unpaired) electrons. The Balaban J connectivity index is 1.49. The van der Waals surface area contributed by atoms with Crippen molar-refractivity contribution < 1.29 is 14.4 Å². The van der Waals surface area contributed by atoms with E-state index >= 15 is 0 Å². The summed E-state index contributed by atoms with van der Waals surface area (Å²) < 4.78 is 1.38. The lowest BCUT2D eigenvalue weighted by atomic mass is 10.1. The SMILES string of the molecule is CC(C)(C)N1C(=O)c2ccc(C(=O)Nc3c(C#N)cnn3-c3ccc4ccccc4n3)cc2C1=O. The van der Waals surface area contributed by atoms with Gasteiger partial charge in [-0.2, -0.15) is 15.0 Å². The van der Waals surface area contributed by atoms with Gasteiger partial charge < -0.3 is 5.32 Å². The summed E-state index contributed by atoms with van der Waals surface area (Å²) >= 11 is 0. The molecule has 0 bridgehead atoms. The Morgan fingerprint density at radius 3 is 2.49 bits per heavy atom. The number of amides is 3. The van der Waals surface area contributed by atoms with Crippen molar-refractivity contribution in [1.82, 2.24) is 19.7 Å². The lowest BCUT2D eigenvalue weighted by Crippen LogP contribution is -2.45. The second-order valence-corrected chi connectivity index (χ2v) is 9.12. The number of aromatic nitrogens is 3. The molecule has 0 atom stereocenters. The number of benzene rings is 2. The number of nitrogens with zero attached hydrogens (tertiary/aromatic N) is 5. The van der Waals surface area contributed by atoms with Gasteiger partial charge in [0.15, 0.2) is 11.6 Å². The highest BCUT2D eigenvalue weighted by Crippen LogP contribution is 2.30. The number of para-hydroxylation sites is 1. The van der Waals surface area contributed by atoms with Gasteiger partial charge in [-0.3, -0.25) is 19.3 Å². The van der Waals surface area contributed by atoms with E-state index < -0.39 is 23.3 Å². The molecule has 1 aliphatic rings. The molecule has 9 heteroatoms. The molecule has 0 saturated heterocycles. The highest BCUT2D eigenvalue weighted by molar-refractivity contribution is 6.22. The topological polar surface area (TPSA) is 121 Å². The molecule has 3 amide bonds. The summed E-state index contributed by atoms with van der Waals surface area (Å²) in [7, 11) is 0. The standard InChI is InChI=1S/C26H20N6O3/c1-26(2,3)31-24(34)18-10-8-16(12-19(18)25(31)35)23(33)30-22-17(13-27)14-28-32(22)21-11-9-15-6-4-5-7-20(15)29-21/h4-12,14H,1-3H3,(H,30,33). The average Bonchev–Trinajstić information content (AvgIpc) is 3.35. The Morgan fingerprint density at radius 1 is 1.00 bits per heavy atom. The molecule has 0 saturated carbocycles. The molecule has 0 spiro atoms. The minimum atomic E-state index is -0.698. The molecule has 9 nitrogen and oxygen atoms in total. The van der Waals surface area contributed by atoms with Crippen LogP contribution in [-0.2, 0) is 0 Å². The van der Waals surface area contributed by atoms with Crippen LogP contribution in [0.25, 0.3) is 16.7 Å². The second kappa shape index (κ2) is 7.88. The van der Waals surface area contributed by atoms with Gasteiger partial charge in [0.2, 0.25) is 0 Å². The molecule has 172 valence electrons. The summed E-state index contributed by atoms with van der Waals surface area (Å²) in [6.45, 7) is 5.31. The molecular weight excluding hydrogens is 444 g/mol. The van der Waals surface area contributed by atoms with Gasteiger partial charge in [-0.05, 0) is 57.2 Å². The van der Waals surface area contributed by atoms with Gasteiger partial charge in [0.05, 0.1) is 22.8 Å². The molecule has 0 aliphatic carbocycles. The molecule has 2 aromatic carbocycles. The number of carbonyl (C=O) groups excluding carboxylic acids is 3. The van der Waals surface area contributed by atoms with Gasteiger partial charge in [0, 0.05) is 16.5 Å². The molecule has 0 fully saturated rings. The average molecular weight is 464 g/mol. The summed E-state index contributed by atoms with van der Waals surface area (Å²) in [4.78, 5) is 44.5. The number of rotatable bonds is 3. The number of nitrogens with one attached hydrogen (secondary N) is 1. The molecular formula is C26H20N6O3. The molecule has 1 aliphatic heterocycles. The first kappa shape index (κ1) is 22.0. The fourth-order valence-electron chi connectivity index (χ4n) is 4.07. The van der Waals surface area contributed by atoms with Crippen LogP contribution in [0.2, 0.25) is 0 Å². The van der Waals surface area contributed by atoms with E-state index in [0.29, 0.717) is 5.82 Å². The first-order chi connectivity index (χ1) is 16.7. The van der Waals surface area contributed by atoms with Crippen LogP contribution in [0.5, 0.6) is 0 Å². The van der Waals surface area contributed by atoms with E-state index in [1.54, 1.807) is 26.8 Å². The molecule has 0 unspecified atom stereocenters. The van der Waals surface area contributed by atoms with Crippen molar-refractivity contribution in [3.8, 4) is 11.9 Å². The third-order valence-corrected chi connectivity index (χ3v) is 5.74. The van der Waals surface area contributed by atoms with E-state index in [4.69, 9.17) is 0 Å². The first-order valence-corrected chi connectivity index (χ1v) is 10.9. The van der Waals surface area contributed by atoms with E-state index in [1.165, 1.54) is 34.0 Å². The van der Waals surface area contributed by atoms with E-state index in [2.05, 4.69) is 15.4 Å². The quantitative estimate of drug-likeness (QED) is 0.459. The summed E-state index contributed by atoms with van der Waals surface area (Å²) in [5.74, 6) is -0.816. The first-order valence-electron chi connectivity index (χ1n) is 10.9. The molecule has 5 rings (SSSR count). The maximum atomic E-state index is 13.2. The van der Waals surface area contributed by atoms with Gasteiger partial charge in [-0.25, -0.2) is 4.98 Å². The molecule has 35 heavy (non-hydrogen) atoms. The zero-order chi connectivity index (χ0) is 24.9. The lowest BCUT2D eigenvalue weighted by Gasteiger charge is -2.29. The number of anilines is 1. The van der Waals surface area contributed by atoms with Gasteiger partial charge in [-0.1, -0.05) is 18.2 Å². The zero-order valence-corrected chi connectivity index (χ0v) is 19.2. The van der Waals surface area contributed by atoms with Crippen molar-refractivity contribution in [3.05, 3.63) is 83.0 Å². The van der Waals surface area contributed by atoms with Crippen LogP contribution in [0.3, 0.4) is 0 Å². The number of carbonyl (C=O) groups is 3.